The second kappa shape index (κ2) is 8.58. The third-order valence-corrected chi connectivity index (χ3v) is 3.92. The number of aryl methyl sites for hydroxylation is 1. The largest absolute Gasteiger partial charge is 0.320 e. The van der Waals surface area contributed by atoms with Crippen molar-refractivity contribution < 1.29 is 9.59 Å². The number of benzene rings is 2. The van der Waals surface area contributed by atoms with Crippen molar-refractivity contribution in [3.8, 4) is 0 Å². The van der Waals surface area contributed by atoms with Gasteiger partial charge in [-0.3, -0.25) is 14.6 Å². The lowest BCUT2D eigenvalue weighted by atomic mass is 10.1. The van der Waals surface area contributed by atoms with Gasteiger partial charge in [0.05, 0.1) is 0 Å². The number of aromatic nitrogens is 1. The Morgan fingerprint density at radius 2 is 1.67 bits per heavy atom. The molecule has 0 radical (unpaired) electrons. The van der Waals surface area contributed by atoms with E-state index in [0.717, 1.165) is 5.56 Å². The standard InChI is InChI=1S/C22H19N3O2/c1-16-8-5-6-12-19(16)24-22(27)20(14-17-9-7-13-23-15-17)25-21(26)18-10-3-2-4-11-18/h2-15H,1H3,(H,24,27)(H,25,26)/b20-14+. The zero-order valence-corrected chi connectivity index (χ0v) is 14.8. The molecule has 0 aliphatic rings. The van der Waals surface area contributed by atoms with Crippen LogP contribution in [0.25, 0.3) is 6.08 Å². The fourth-order valence-electron chi connectivity index (χ4n) is 2.47. The van der Waals surface area contributed by atoms with Crippen molar-refractivity contribution in [2.75, 3.05) is 5.32 Å². The normalized spacial score (nSPS) is 10.9. The summed E-state index contributed by atoms with van der Waals surface area (Å²) in [5.41, 5.74) is 2.94. The summed E-state index contributed by atoms with van der Waals surface area (Å²) in [4.78, 5) is 29.4. The Bertz CT molecular complexity index is 967. The van der Waals surface area contributed by atoms with E-state index in [1.54, 1.807) is 48.8 Å². The molecule has 27 heavy (non-hydrogen) atoms. The molecule has 0 aliphatic heterocycles. The van der Waals surface area contributed by atoms with Gasteiger partial charge in [-0.25, -0.2) is 0 Å². The second-order valence-corrected chi connectivity index (χ2v) is 5.93. The number of anilines is 1. The minimum atomic E-state index is -0.405. The van der Waals surface area contributed by atoms with Crippen LogP contribution in [0.3, 0.4) is 0 Å². The number of rotatable bonds is 5. The Hall–Kier alpha value is -3.73. The summed E-state index contributed by atoms with van der Waals surface area (Å²) in [5, 5.41) is 5.55. The van der Waals surface area contributed by atoms with Gasteiger partial charge in [0.2, 0.25) is 0 Å². The van der Waals surface area contributed by atoms with Crippen LogP contribution in [-0.2, 0) is 4.79 Å². The first-order chi connectivity index (χ1) is 13.1. The van der Waals surface area contributed by atoms with E-state index in [1.807, 2.05) is 43.3 Å². The first-order valence-electron chi connectivity index (χ1n) is 8.48. The summed E-state index contributed by atoms with van der Waals surface area (Å²) in [6.45, 7) is 1.91. The smallest absolute Gasteiger partial charge is 0.272 e. The Labute approximate surface area is 157 Å². The lowest BCUT2D eigenvalue weighted by Crippen LogP contribution is -2.30. The fourth-order valence-corrected chi connectivity index (χ4v) is 2.47. The molecule has 0 bridgehead atoms. The van der Waals surface area contributed by atoms with Gasteiger partial charge in [0, 0.05) is 23.6 Å². The topological polar surface area (TPSA) is 71.1 Å². The molecular formula is C22H19N3O2. The van der Waals surface area contributed by atoms with Crippen LogP contribution in [0.4, 0.5) is 5.69 Å². The Kier molecular flexibility index (Phi) is 5.74. The van der Waals surface area contributed by atoms with Crippen LogP contribution in [-0.4, -0.2) is 16.8 Å². The molecule has 3 rings (SSSR count). The highest BCUT2D eigenvalue weighted by molar-refractivity contribution is 6.10. The van der Waals surface area contributed by atoms with Gasteiger partial charge < -0.3 is 10.6 Å². The number of carbonyl (C=O) groups is 2. The van der Waals surface area contributed by atoms with Gasteiger partial charge in [-0.15, -0.1) is 0 Å². The number of amides is 2. The van der Waals surface area contributed by atoms with E-state index in [2.05, 4.69) is 15.6 Å². The first kappa shape index (κ1) is 18.1. The number of nitrogens with zero attached hydrogens (tertiary/aromatic N) is 1. The van der Waals surface area contributed by atoms with Crippen molar-refractivity contribution in [3.63, 3.8) is 0 Å². The van der Waals surface area contributed by atoms with Gasteiger partial charge in [-0.05, 0) is 48.4 Å². The van der Waals surface area contributed by atoms with Gasteiger partial charge in [0.25, 0.3) is 11.8 Å². The van der Waals surface area contributed by atoms with Crippen molar-refractivity contribution >= 4 is 23.6 Å². The molecule has 0 atom stereocenters. The van der Waals surface area contributed by atoms with Crippen LogP contribution in [0, 0.1) is 6.92 Å². The summed E-state index contributed by atoms with van der Waals surface area (Å²) in [5.74, 6) is -0.761. The van der Waals surface area contributed by atoms with E-state index < -0.39 is 5.91 Å². The molecule has 0 saturated heterocycles. The second-order valence-electron chi connectivity index (χ2n) is 5.93. The quantitative estimate of drug-likeness (QED) is 0.682. The molecule has 0 aliphatic carbocycles. The van der Waals surface area contributed by atoms with Crippen molar-refractivity contribution in [1.29, 1.82) is 0 Å². The molecule has 1 heterocycles. The highest BCUT2D eigenvalue weighted by Gasteiger charge is 2.15. The maximum atomic E-state index is 12.8. The SMILES string of the molecule is Cc1ccccc1NC(=O)/C(=C\c1cccnc1)NC(=O)c1ccccc1. The molecule has 3 aromatic rings. The fraction of sp³-hybridized carbons (Fsp3) is 0.0455. The molecule has 134 valence electrons. The molecule has 2 N–H and O–H groups in total. The maximum absolute atomic E-state index is 12.8. The molecule has 5 heteroatoms. The average molecular weight is 357 g/mol. The van der Waals surface area contributed by atoms with E-state index in [1.165, 1.54) is 0 Å². The Balaban J connectivity index is 1.88. The summed E-state index contributed by atoms with van der Waals surface area (Å²) in [6, 6.07) is 19.8. The highest BCUT2D eigenvalue weighted by atomic mass is 16.2. The minimum Gasteiger partial charge on any atom is -0.320 e. The predicted octanol–water partition coefficient (Wildman–Crippen LogP) is 3.80. The number of carbonyl (C=O) groups excluding carboxylic acids is 2. The Morgan fingerprint density at radius 3 is 2.37 bits per heavy atom. The zero-order chi connectivity index (χ0) is 19.1. The van der Waals surface area contributed by atoms with E-state index in [4.69, 9.17) is 0 Å². The molecule has 0 saturated carbocycles. The molecule has 5 nitrogen and oxygen atoms in total. The van der Waals surface area contributed by atoms with Crippen LogP contribution in [0.5, 0.6) is 0 Å². The number of hydrogen-bond donors (Lipinski definition) is 2. The van der Waals surface area contributed by atoms with Crippen LogP contribution in [0.15, 0.2) is 84.8 Å². The molecular weight excluding hydrogens is 338 g/mol. The molecule has 2 amide bonds. The predicted molar refractivity (Wildman–Crippen MR) is 106 cm³/mol. The third kappa shape index (κ3) is 4.89. The lowest BCUT2D eigenvalue weighted by molar-refractivity contribution is -0.113. The van der Waals surface area contributed by atoms with Crippen LogP contribution < -0.4 is 10.6 Å². The summed E-state index contributed by atoms with van der Waals surface area (Å²) in [7, 11) is 0. The van der Waals surface area contributed by atoms with E-state index >= 15 is 0 Å². The van der Waals surface area contributed by atoms with E-state index in [0.29, 0.717) is 16.8 Å². The number of hydrogen-bond acceptors (Lipinski definition) is 3. The van der Waals surface area contributed by atoms with E-state index in [-0.39, 0.29) is 11.6 Å². The number of para-hydroxylation sites is 1. The highest BCUT2D eigenvalue weighted by Crippen LogP contribution is 2.15. The van der Waals surface area contributed by atoms with Gasteiger partial charge >= 0.3 is 0 Å². The summed E-state index contributed by atoms with van der Waals surface area (Å²) < 4.78 is 0. The maximum Gasteiger partial charge on any atom is 0.272 e. The first-order valence-corrected chi connectivity index (χ1v) is 8.48. The Morgan fingerprint density at radius 1 is 0.926 bits per heavy atom. The van der Waals surface area contributed by atoms with Crippen molar-refractivity contribution in [3.05, 3.63) is 102 Å². The van der Waals surface area contributed by atoms with Crippen molar-refractivity contribution in [1.82, 2.24) is 10.3 Å². The summed E-state index contributed by atoms with van der Waals surface area (Å²) >= 11 is 0. The monoisotopic (exact) mass is 357 g/mol. The number of nitrogens with one attached hydrogen (secondary N) is 2. The molecule has 0 fully saturated rings. The van der Waals surface area contributed by atoms with Crippen LogP contribution >= 0.6 is 0 Å². The van der Waals surface area contributed by atoms with Crippen LogP contribution in [0.1, 0.15) is 21.5 Å². The van der Waals surface area contributed by atoms with Gasteiger partial charge in [-0.2, -0.15) is 0 Å². The molecule has 0 spiro atoms. The molecule has 1 aromatic heterocycles. The van der Waals surface area contributed by atoms with Gasteiger partial charge in [0.1, 0.15) is 5.70 Å². The lowest BCUT2D eigenvalue weighted by Gasteiger charge is -2.12. The van der Waals surface area contributed by atoms with E-state index in [9.17, 15) is 9.59 Å². The van der Waals surface area contributed by atoms with Crippen molar-refractivity contribution in [2.24, 2.45) is 0 Å². The van der Waals surface area contributed by atoms with Crippen molar-refractivity contribution in [2.45, 2.75) is 6.92 Å². The summed E-state index contributed by atoms with van der Waals surface area (Å²) in [6.07, 6.45) is 4.87. The number of pyridine rings is 1. The third-order valence-electron chi connectivity index (χ3n) is 3.92. The molecule has 0 unspecified atom stereocenters. The zero-order valence-electron chi connectivity index (χ0n) is 14.8. The van der Waals surface area contributed by atoms with Crippen LogP contribution in [0.2, 0.25) is 0 Å². The molecule has 2 aromatic carbocycles. The van der Waals surface area contributed by atoms with Gasteiger partial charge in [0.15, 0.2) is 0 Å². The minimum absolute atomic E-state index is 0.139. The van der Waals surface area contributed by atoms with Gasteiger partial charge in [-0.1, -0.05) is 42.5 Å². The average Bonchev–Trinajstić information content (AvgIpc) is 2.70.